The zero-order valence-corrected chi connectivity index (χ0v) is 22.2. The molecule has 188 valence electrons. The van der Waals surface area contributed by atoms with E-state index in [-0.39, 0.29) is 6.03 Å². The molecule has 37 heavy (non-hydrogen) atoms. The number of rotatable bonds is 7. The lowest BCUT2D eigenvalue weighted by atomic mass is 10.1. The van der Waals surface area contributed by atoms with Crippen LogP contribution in [0.3, 0.4) is 0 Å². The van der Waals surface area contributed by atoms with Crippen LogP contribution >= 0.6 is 0 Å². The molecule has 0 spiro atoms. The van der Waals surface area contributed by atoms with E-state index in [0.717, 1.165) is 50.4 Å². The van der Waals surface area contributed by atoms with E-state index in [2.05, 4.69) is 62.6 Å². The van der Waals surface area contributed by atoms with E-state index < -0.39 is 0 Å². The molecule has 2 amide bonds. The lowest BCUT2D eigenvalue weighted by Crippen LogP contribution is -2.39. The molecule has 4 aromatic carbocycles. The number of urea groups is 1. The van der Waals surface area contributed by atoms with E-state index in [1.165, 1.54) is 0 Å². The predicted molar refractivity (Wildman–Crippen MR) is 157 cm³/mol. The smallest absolute Gasteiger partial charge is 0.327 e. The summed E-state index contributed by atoms with van der Waals surface area (Å²) in [6.45, 7) is 10.6. The normalized spacial score (nSPS) is 10.9. The average molecular weight is 491 g/mol. The molecule has 2 N–H and O–H groups in total. The van der Waals surface area contributed by atoms with Crippen molar-refractivity contribution in [3.8, 4) is 0 Å². The number of aryl methyl sites for hydroxylation is 5. The summed E-state index contributed by atoms with van der Waals surface area (Å²) in [7, 11) is 0. The van der Waals surface area contributed by atoms with Crippen LogP contribution in [0.1, 0.15) is 33.4 Å². The highest BCUT2D eigenvalue weighted by Gasteiger charge is 2.18. The van der Waals surface area contributed by atoms with E-state index in [9.17, 15) is 4.79 Å². The standard InChI is InChI=1S/C32H34N4O/c1-22-16-18-28(19-17-22)36(21-34-31-25(4)12-9-13-26(31)5)32(37)35-29-15-7-6-14-27(29)20-33-30-23(2)10-8-11-24(30)3/h6-20,34H,21H2,1-5H3,(H,35,37). The van der Waals surface area contributed by atoms with Gasteiger partial charge in [-0.3, -0.25) is 9.89 Å². The highest BCUT2D eigenvalue weighted by molar-refractivity contribution is 6.05. The first-order valence-electron chi connectivity index (χ1n) is 12.5. The van der Waals surface area contributed by atoms with E-state index in [4.69, 9.17) is 4.99 Å². The first kappa shape index (κ1) is 25.7. The summed E-state index contributed by atoms with van der Waals surface area (Å²) in [5, 5.41) is 6.58. The number of nitrogens with one attached hydrogen (secondary N) is 2. The van der Waals surface area contributed by atoms with Gasteiger partial charge in [0.15, 0.2) is 0 Å². The summed E-state index contributed by atoms with van der Waals surface area (Å²) in [5.74, 6) is 0. The third-order valence-corrected chi connectivity index (χ3v) is 6.46. The molecule has 4 aromatic rings. The Morgan fingerprint density at radius 3 is 2.00 bits per heavy atom. The summed E-state index contributed by atoms with van der Waals surface area (Å²) in [5.41, 5.74) is 9.97. The van der Waals surface area contributed by atoms with Gasteiger partial charge in [-0.1, -0.05) is 72.3 Å². The number of hydrogen-bond acceptors (Lipinski definition) is 3. The quantitative estimate of drug-likeness (QED) is 0.203. The Labute approximate surface area is 219 Å². The van der Waals surface area contributed by atoms with Gasteiger partial charge in [-0.05, 0) is 75.1 Å². The molecule has 0 radical (unpaired) electrons. The van der Waals surface area contributed by atoms with E-state index in [1.54, 1.807) is 4.90 Å². The number of carbonyl (C=O) groups is 1. The molecular weight excluding hydrogens is 456 g/mol. The number of aliphatic imine (C=N–C) groups is 1. The molecule has 0 aromatic heterocycles. The van der Waals surface area contributed by atoms with Crippen molar-refractivity contribution in [2.75, 3.05) is 22.2 Å². The average Bonchev–Trinajstić information content (AvgIpc) is 2.87. The number of amides is 2. The van der Waals surface area contributed by atoms with Gasteiger partial charge in [0.25, 0.3) is 0 Å². The molecule has 0 atom stereocenters. The number of carbonyl (C=O) groups excluding carboxylic acids is 1. The van der Waals surface area contributed by atoms with Crippen molar-refractivity contribution in [2.24, 2.45) is 4.99 Å². The SMILES string of the molecule is Cc1ccc(N(CNc2c(C)cccc2C)C(=O)Nc2ccccc2C=Nc2c(C)cccc2C)cc1. The van der Waals surface area contributed by atoms with Crippen molar-refractivity contribution in [3.63, 3.8) is 0 Å². The highest BCUT2D eigenvalue weighted by Crippen LogP contribution is 2.25. The molecule has 0 aliphatic heterocycles. The van der Waals surface area contributed by atoms with Crippen LogP contribution in [0.4, 0.5) is 27.5 Å². The molecule has 5 nitrogen and oxygen atoms in total. The molecule has 0 aliphatic carbocycles. The molecular formula is C32H34N4O. The van der Waals surface area contributed by atoms with Gasteiger partial charge in [0.2, 0.25) is 0 Å². The Kier molecular flexibility index (Phi) is 8.04. The zero-order valence-electron chi connectivity index (χ0n) is 22.2. The lowest BCUT2D eigenvalue weighted by Gasteiger charge is -2.25. The third kappa shape index (κ3) is 6.25. The number of para-hydroxylation sites is 3. The van der Waals surface area contributed by atoms with E-state index >= 15 is 0 Å². The largest absolute Gasteiger partial charge is 0.367 e. The van der Waals surface area contributed by atoms with E-state index in [1.807, 2.05) is 73.8 Å². The summed E-state index contributed by atoms with van der Waals surface area (Å²) in [6.07, 6.45) is 1.82. The molecule has 0 aliphatic rings. The minimum atomic E-state index is -0.226. The number of benzene rings is 4. The van der Waals surface area contributed by atoms with Gasteiger partial charge in [-0.2, -0.15) is 0 Å². The second-order valence-corrected chi connectivity index (χ2v) is 9.38. The summed E-state index contributed by atoms with van der Waals surface area (Å²) >= 11 is 0. The Balaban J connectivity index is 1.60. The second-order valence-electron chi connectivity index (χ2n) is 9.38. The van der Waals surface area contributed by atoms with Crippen molar-refractivity contribution in [1.29, 1.82) is 0 Å². The van der Waals surface area contributed by atoms with Crippen molar-refractivity contribution in [3.05, 3.63) is 118 Å². The van der Waals surface area contributed by atoms with E-state index in [0.29, 0.717) is 12.4 Å². The summed E-state index contributed by atoms with van der Waals surface area (Å²) in [6, 6.07) is 27.8. The van der Waals surface area contributed by atoms with Crippen molar-refractivity contribution in [2.45, 2.75) is 34.6 Å². The Morgan fingerprint density at radius 1 is 0.757 bits per heavy atom. The van der Waals surface area contributed by atoms with Crippen LogP contribution < -0.4 is 15.5 Å². The molecule has 0 heterocycles. The predicted octanol–water partition coefficient (Wildman–Crippen LogP) is 8.09. The first-order valence-corrected chi connectivity index (χ1v) is 12.5. The molecule has 0 saturated carbocycles. The monoisotopic (exact) mass is 490 g/mol. The fraction of sp³-hybridized carbons (Fsp3) is 0.188. The van der Waals surface area contributed by atoms with Gasteiger partial charge < -0.3 is 10.6 Å². The maximum absolute atomic E-state index is 13.7. The van der Waals surface area contributed by atoms with Crippen LogP contribution in [0.2, 0.25) is 0 Å². The van der Waals surface area contributed by atoms with Gasteiger partial charge in [0.1, 0.15) is 0 Å². The zero-order chi connectivity index (χ0) is 26.4. The van der Waals surface area contributed by atoms with Crippen LogP contribution in [0.5, 0.6) is 0 Å². The van der Waals surface area contributed by atoms with Crippen molar-refractivity contribution >= 4 is 35.0 Å². The lowest BCUT2D eigenvalue weighted by molar-refractivity contribution is 0.257. The van der Waals surface area contributed by atoms with Gasteiger partial charge in [0.05, 0.1) is 18.0 Å². The first-order chi connectivity index (χ1) is 17.8. The Morgan fingerprint density at radius 2 is 1.35 bits per heavy atom. The number of hydrogen-bond donors (Lipinski definition) is 2. The van der Waals surface area contributed by atoms with Crippen LogP contribution in [0, 0.1) is 34.6 Å². The van der Waals surface area contributed by atoms with Gasteiger partial charge in [-0.15, -0.1) is 0 Å². The minimum Gasteiger partial charge on any atom is -0.367 e. The van der Waals surface area contributed by atoms with Crippen molar-refractivity contribution < 1.29 is 4.79 Å². The molecule has 4 rings (SSSR count). The van der Waals surface area contributed by atoms with Crippen LogP contribution in [-0.2, 0) is 0 Å². The number of nitrogens with zero attached hydrogens (tertiary/aromatic N) is 2. The van der Waals surface area contributed by atoms with Gasteiger partial charge in [0, 0.05) is 23.2 Å². The van der Waals surface area contributed by atoms with Crippen LogP contribution in [-0.4, -0.2) is 18.9 Å². The fourth-order valence-corrected chi connectivity index (χ4v) is 4.31. The fourth-order valence-electron chi connectivity index (χ4n) is 4.31. The summed E-state index contributed by atoms with van der Waals surface area (Å²) < 4.78 is 0. The Bertz CT molecular complexity index is 1380. The highest BCUT2D eigenvalue weighted by atomic mass is 16.2. The molecule has 0 fully saturated rings. The molecule has 0 bridgehead atoms. The van der Waals surface area contributed by atoms with Crippen LogP contribution in [0.25, 0.3) is 0 Å². The van der Waals surface area contributed by atoms with Gasteiger partial charge >= 0.3 is 6.03 Å². The molecule has 0 unspecified atom stereocenters. The van der Waals surface area contributed by atoms with Gasteiger partial charge in [-0.25, -0.2) is 4.79 Å². The van der Waals surface area contributed by atoms with Crippen molar-refractivity contribution in [1.82, 2.24) is 0 Å². The Hall–Kier alpha value is -4.38. The van der Waals surface area contributed by atoms with Crippen LogP contribution in [0.15, 0.2) is 89.9 Å². The maximum atomic E-state index is 13.7. The molecule has 5 heteroatoms. The second kappa shape index (κ2) is 11.6. The third-order valence-electron chi connectivity index (χ3n) is 6.46. The maximum Gasteiger partial charge on any atom is 0.327 e. The number of anilines is 3. The topological polar surface area (TPSA) is 56.7 Å². The molecule has 0 saturated heterocycles. The minimum absolute atomic E-state index is 0.226. The summed E-state index contributed by atoms with van der Waals surface area (Å²) in [4.78, 5) is 20.1.